The third-order valence-corrected chi connectivity index (χ3v) is 3.76. The minimum absolute atomic E-state index is 0.0486. The van der Waals surface area contributed by atoms with E-state index in [-0.39, 0.29) is 17.6 Å². The van der Waals surface area contributed by atoms with Gasteiger partial charge in [-0.1, -0.05) is 12.8 Å². The number of hydrogen-bond donors (Lipinski definition) is 1. The van der Waals surface area contributed by atoms with E-state index in [9.17, 15) is 9.18 Å². The Morgan fingerprint density at radius 1 is 1.25 bits per heavy atom. The van der Waals surface area contributed by atoms with Crippen molar-refractivity contribution in [2.45, 2.75) is 31.6 Å². The molecule has 1 aliphatic heterocycles. The normalized spacial score (nSPS) is 24.6. The van der Waals surface area contributed by atoms with Crippen molar-refractivity contribution in [2.75, 3.05) is 5.32 Å². The number of carbonyl (C=O) groups is 1. The molecule has 2 aliphatic rings. The van der Waals surface area contributed by atoms with E-state index < -0.39 is 0 Å². The Labute approximate surface area is 93.9 Å². The molecule has 1 saturated carbocycles. The number of carbonyl (C=O) groups excluding carboxylic acids is 1. The van der Waals surface area contributed by atoms with Crippen molar-refractivity contribution in [3.05, 3.63) is 29.6 Å². The Kier molecular flexibility index (Phi) is 2.20. The van der Waals surface area contributed by atoms with Crippen molar-refractivity contribution in [1.82, 2.24) is 0 Å². The summed E-state index contributed by atoms with van der Waals surface area (Å²) in [5.41, 5.74) is 1.65. The lowest BCUT2D eigenvalue weighted by Crippen LogP contribution is -2.18. The number of anilines is 1. The summed E-state index contributed by atoms with van der Waals surface area (Å²) >= 11 is 0. The fourth-order valence-corrected chi connectivity index (χ4v) is 3.02. The van der Waals surface area contributed by atoms with Gasteiger partial charge in [-0.2, -0.15) is 0 Å². The Morgan fingerprint density at radius 3 is 2.75 bits per heavy atom. The quantitative estimate of drug-likeness (QED) is 0.772. The predicted molar refractivity (Wildman–Crippen MR) is 59.7 cm³/mol. The van der Waals surface area contributed by atoms with Crippen LogP contribution in [0.5, 0.6) is 0 Å². The van der Waals surface area contributed by atoms with Crippen LogP contribution in [-0.2, 0) is 4.79 Å². The van der Waals surface area contributed by atoms with Crippen LogP contribution in [0.1, 0.15) is 37.2 Å². The highest BCUT2D eigenvalue weighted by atomic mass is 19.1. The number of nitrogens with one attached hydrogen (secondary N) is 1. The van der Waals surface area contributed by atoms with Gasteiger partial charge < -0.3 is 5.32 Å². The lowest BCUT2D eigenvalue weighted by molar-refractivity contribution is -0.118. The van der Waals surface area contributed by atoms with Gasteiger partial charge in [0.05, 0.1) is 5.92 Å². The molecule has 0 radical (unpaired) electrons. The van der Waals surface area contributed by atoms with Gasteiger partial charge in [-0.15, -0.1) is 0 Å². The molecule has 1 N–H and O–H groups in total. The second-order valence-electron chi connectivity index (χ2n) is 4.74. The fraction of sp³-hybridized carbons (Fsp3) is 0.462. The number of fused-ring (bicyclic) bond motifs is 1. The zero-order valence-corrected chi connectivity index (χ0v) is 9.00. The highest BCUT2D eigenvalue weighted by Crippen LogP contribution is 2.44. The van der Waals surface area contributed by atoms with Crippen LogP contribution in [-0.4, -0.2) is 5.91 Å². The molecule has 1 atom stereocenters. The average Bonchev–Trinajstić information content (AvgIpc) is 2.83. The van der Waals surface area contributed by atoms with Gasteiger partial charge in [0, 0.05) is 5.69 Å². The molecule has 1 amide bonds. The molecule has 0 spiro atoms. The maximum absolute atomic E-state index is 13.2. The Hall–Kier alpha value is -1.38. The molecule has 1 fully saturated rings. The average molecular weight is 219 g/mol. The van der Waals surface area contributed by atoms with E-state index in [0.29, 0.717) is 5.92 Å². The smallest absolute Gasteiger partial charge is 0.232 e. The van der Waals surface area contributed by atoms with Gasteiger partial charge in [0.15, 0.2) is 0 Å². The lowest BCUT2D eigenvalue weighted by Gasteiger charge is -2.16. The van der Waals surface area contributed by atoms with Gasteiger partial charge in [0.2, 0.25) is 5.91 Å². The van der Waals surface area contributed by atoms with Crippen LogP contribution >= 0.6 is 0 Å². The highest BCUT2D eigenvalue weighted by Gasteiger charge is 2.38. The molecule has 0 aromatic heterocycles. The van der Waals surface area contributed by atoms with Crippen LogP contribution in [0, 0.1) is 11.7 Å². The molecule has 0 saturated heterocycles. The first-order valence-corrected chi connectivity index (χ1v) is 5.86. The summed E-state index contributed by atoms with van der Waals surface area (Å²) in [6.45, 7) is 0. The third kappa shape index (κ3) is 1.42. The summed E-state index contributed by atoms with van der Waals surface area (Å²) in [6, 6.07) is 4.57. The van der Waals surface area contributed by atoms with Gasteiger partial charge in [-0.3, -0.25) is 4.79 Å². The molecule has 1 aromatic carbocycles. The van der Waals surface area contributed by atoms with Crippen molar-refractivity contribution < 1.29 is 9.18 Å². The molecule has 3 rings (SSSR count). The van der Waals surface area contributed by atoms with E-state index >= 15 is 0 Å². The minimum atomic E-state index is -0.252. The second kappa shape index (κ2) is 3.58. The summed E-state index contributed by atoms with van der Waals surface area (Å²) in [5, 5.41) is 2.85. The fourth-order valence-electron chi connectivity index (χ4n) is 3.02. The monoisotopic (exact) mass is 219 g/mol. The summed E-state index contributed by atoms with van der Waals surface area (Å²) in [4.78, 5) is 11.9. The number of hydrogen-bond acceptors (Lipinski definition) is 1. The first-order valence-electron chi connectivity index (χ1n) is 5.86. The van der Waals surface area contributed by atoms with Crippen LogP contribution in [0.3, 0.4) is 0 Å². The second-order valence-corrected chi connectivity index (χ2v) is 4.74. The predicted octanol–water partition coefficient (Wildman–Crippen LogP) is 3.05. The summed E-state index contributed by atoms with van der Waals surface area (Å²) in [7, 11) is 0. The maximum atomic E-state index is 13.2. The summed E-state index contributed by atoms with van der Waals surface area (Å²) < 4.78 is 13.2. The first-order chi connectivity index (χ1) is 7.75. The molecule has 0 bridgehead atoms. The number of halogens is 1. The maximum Gasteiger partial charge on any atom is 0.232 e. The number of benzene rings is 1. The van der Waals surface area contributed by atoms with E-state index in [4.69, 9.17) is 0 Å². The first kappa shape index (κ1) is 9.82. The number of amides is 1. The van der Waals surface area contributed by atoms with Crippen molar-refractivity contribution >= 4 is 11.6 Å². The molecule has 84 valence electrons. The molecule has 16 heavy (non-hydrogen) atoms. The van der Waals surface area contributed by atoms with E-state index in [0.717, 1.165) is 24.1 Å². The van der Waals surface area contributed by atoms with Crippen LogP contribution in [0.2, 0.25) is 0 Å². The molecule has 1 heterocycles. The topological polar surface area (TPSA) is 29.1 Å². The Bertz CT molecular complexity index is 438. The minimum Gasteiger partial charge on any atom is -0.325 e. The van der Waals surface area contributed by atoms with E-state index in [1.807, 2.05) is 0 Å². The number of rotatable bonds is 1. The molecule has 1 unspecified atom stereocenters. The molecular weight excluding hydrogens is 205 g/mol. The zero-order chi connectivity index (χ0) is 11.1. The van der Waals surface area contributed by atoms with Gasteiger partial charge in [-0.25, -0.2) is 4.39 Å². The van der Waals surface area contributed by atoms with Crippen molar-refractivity contribution in [3.63, 3.8) is 0 Å². The summed E-state index contributed by atoms with van der Waals surface area (Å²) in [5.74, 6) is 0.0852. The molecule has 1 aliphatic carbocycles. The Morgan fingerprint density at radius 2 is 2.00 bits per heavy atom. The largest absolute Gasteiger partial charge is 0.325 e. The third-order valence-electron chi connectivity index (χ3n) is 3.76. The van der Waals surface area contributed by atoms with E-state index in [1.54, 1.807) is 6.07 Å². The lowest BCUT2D eigenvalue weighted by atomic mass is 9.86. The van der Waals surface area contributed by atoms with E-state index in [1.165, 1.54) is 25.0 Å². The van der Waals surface area contributed by atoms with Crippen molar-refractivity contribution in [1.29, 1.82) is 0 Å². The van der Waals surface area contributed by atoms with Gasteiger partial charge in [0.1, 0.15) is 5.82 Å². The molecule has 1 aromatic rings. The summed E-state index contributed by atoms with van der Waals surface area (Å²) in [6.07, 6.45) is 4.57. The molecule has 2 nitrogen and oxygen atoms in total. The van der Waals surface area contributed by atoms with E-state index in [2.05, 4.69) is 5.32 Å². The van der Waals surface area contributed by atoms with Crippen LogP contribution in [0.25, 0.3) is 0 Å². The van der Waals surface area contributed by atoms with Crippen molar-refractivity contribution in [3.8, 4) is 0 Å². The SMILES string of the molecule is O=C1Nc2ccc(F)cc2C1C1CCCC1. The van der Waals surface area contributed by atoms with Gasteiger partial charge >= 0.3 is 0 Å². The zero-order valence-electron chi connectivity index (χ0n) is 9.00. The van der Waals surface area contributed by atoms with Crippen LogP contribution in [0.15, 0.2) is 18.2 Å². The standard InChI is InChI=1S/C13H14FNO/c14-9-5-6-11-10(7-9)12(13(16)15-11)8-3-1-2-4-8/h5-8,12H,1-4H2,(H,15,16). The van der Waals surface area contributed by atoms with Crippen molar-refractivity contribution in [2.24, 2.45) is 5.92 Å². The Balaban J connectivity index is 2.00. The molecule has 3 heteroatoms. The highest BCUT2D eigenvalue weighted by molar-refractivity contribution is 6.03. The van der Waals surface area contributed by atoms with Crippen LogP contribution < -0.4 is 5.32 Å². The van der Waals surface area contributed by atoms with Gasteiger partial charge in [-0.05, 0) is 42.5 Å². The van der Waals surface area contributed by atoms with Gasteiger partial charge in [0.25, 0.3) is 0 Å². The molecular formula is C13H14FNO. The van der Waals surface area contributed by atoms with Crippen LogP contribution in [0.4, 0.5) is 10.1 Å².